The van der Waals surface area contributed by atoms with Gasteiger partial charge in [-0.25, -0.2) is 0 Å². The molecular formula is C22H29N3O2. The van der Waals surface area contributed by atoms with E-state index in [1.807, 2.05) is 18.3 Å². The van der Waals surface area contributed by atoms with E-state index in [1.54, 1.807) is 0 Å². The molecule has 4 rings (SSSR count). The van der Waals surface area contributed by atoms with Crippen molar-refractivity contribution in [2.75, 3.05) is 26.2 Å². The monoisotopic (exact) mass is 367 g/mol. The van der Waals surface area contributed by atoms with Crippen LogP contribution in [0.25, 0.3) is 0 Å². The van der Waals surface area contributed by atoms with Crippen LogP contribution in [0.1, 0.15) is 30.7 Å². The maximum atomic E-state index is 6.00. The quantitative estimate of drug-likeness (QED) is 0.830. The fourth-order valence-electron chi connectivity index (χ4n) is 4.13. The molecular weight excluding hydrogens is 338 g/mol. The molecule has 1 fully saturated rings. The van der Waals surface area contributed by atoms with Crippen molar-refractivity contribution in [2.24, 2.45) is 0 Å². The highest BCUT2D eigenvalue weighted by Crippen LogP contribution is 2.26. The van der Waals surface area contributed by atoms with Gasteiger partial charge in [-0.15, -0.1) is 0 Å². The van der Waals surface area contributed by atoms with Gasteiger partial charge in [0.15, 0.2) is 0 Å². The first kappa shape index (κ1) is 18.4. The minimum absolute atomic E-state index is 0.298. The van der Waals surface area contributed by atoms with Crippen molar-refractivity contribution in [3.8, 4) is 5.75 Å². The molecule has 2 atom stereocenters. The molecule has 1 saturated heterocycles. The molecule has 2 aliphatic rings. The summed E-state index contributed by atoms with van der Waals surface area (Å²) in [6.45, 7) is 10.6. The van der Waals surface area contributed by atoms with Gasteiger partial charge < -0.3 is 9.47 Å². The molecule has 0 bridgehead atoms. The van der Waals surface area contributed by atoms with Crippen LogP contribution in [0.5, 0.6) is 5.75 Å². The van der Waals surface area contributed by atoms with Crippen LogP contribution < -0.4 is 4.74 Å². The van der Waals surface area contributed by atoms with Crippen molar-refractivity contribution in [1.82, 2.24) is 14.8 Å². The number of rotatable bonds is 4. The van der Waals surface area contributed by atoms with Gasteiger partial charge in [0.1, 0.15) is 12.4 Å². The fourth-order valence-corrected chi connectivity index (χ4v) is 4.13. The van der Waals surface area contributed by atoms with Gasteiger partial charge in [-0.2, -0.15) is 0 Å². The predicted octanol–water partition coefficient (Wildman–Crippen LogP) is 3.09. The molecule has 0 unspecified atom stereocenters. The topological polar surface area (TPSA) is 37.8 Å². The maximum absolute atomic E-state index is 6.00. The molecule has 0 amide bonds. The van der Waals surface area contributed by atoms with E-state index < -0.39 is 0 Å². The Balaban J connectivity index is 1.45. The van der Waals surface area contributed by atoms with E-state index in [4.69, 9.17) is 9.47 Å². The summed E-state index contributed by atoms with van der Waals surface area (Å²) >= 11 is 0. The zero-order valence-corrected chi connectivity index (χ0v) is 16.3. The van der Waals surface area contributed by atoms with Gasteiger partial charge in [0, 0.05) is 51.0 Å². The Labute approximate surface area is 161 Å². The van der Waals surface area contributed by atoms with Crippen molar-refractivity contribution in [1.29, 1.82) is 0 Å². The molecule has 5 heteroatoms. The molecule has 0 radical (unpaired) electrons. The zero-order chi connectivity index (χ0) is 18.6. The molecule has 27 heavy (non-hydrogen) atoms. The summed E-state index contributed by atoms with van der Waals surface area (Å²) in [5, 5.41) is 0. The minimum atomic E-state index is 0.298. The summed E-state index contributed by atoms with van der Waals surface area (Å²) < 4.78 is 11.9. The first-order valence-electron chi connectivity index (χ1n) is 9.90. The third-order valence-electron chi connectivity index (χ3n) is 5.20. The van der Waals surface area contributed by atoms with Gasteiger partial charge in [0.2, 0.25) is 0 Å². The molecule has 2 aromatic rings. The van der Waals surface area contributed by atoms with Crippen LogP contribution in [0.2, 0.25) is 0 Å². The lowest BCUT2D eigenvalue weighted by Crippen LogP contribution is -2.44. The number of ether oxygens (including phenoxy) is 2. The molecule has 3 heterocycles. The molecule has 0 N–H and O–H groups in total. The largest absolute Gasteiger partial charge is 0.492 e. The number of benzene rings is 1. The lowest BCUT2D eigenvalue weighted by Gasteiger charge is -2.35. The summed E-state index contributed by atoms with van der Waals surface area (Å²) in [7, 11) is 0. The number of morpholine rings is 1. The Morgan fingerprint density at radius 2 is 1.89 bits per heavy atom. The minimum Gasteiger partial charge on any atom is -0.492 e. The average molecular weight is 367 g/mol. The van der Waals surface area contributed by atoms with Crippen LogP contribution in [0.15, 0.2) is 42.6 Å². The van der Waals surface area contributed by atoms with Crippen molar-refractivity contribution >= 4 is 0 Å². The standard InChI is InChI=1S/C22H29N3O2/c1-17-12-25(13-18(2)27-17)14-19-6-7-22-20(11-19)15-24(9-10-26-22)16-21-5-3-4-8-23-21/h3-8,11,17-18H,9-10,12-16H2,1-2H3/t17-,18+. The molecule has 0 aliphatic carbocycles. The smallest absolute Gasteiger partial charge is 0.123 e. The van der Waals surface area contributed by atoms with Gasteiger partial charge in [-0.05, 0) is 43.7 Å². The molecule has 2 aliphatic heterocycles. The second-order valence-electron chi connectivity index (χ2n) is 7.77. The fraction of sp³-hybridized carbons (Fsp3) is 0.500. The van der Waals surface area contributed by atoms with Crippen molar-refractivity contribution < 1.29 is 9.47 Å². The molecule has 1 aromatic carbocycles. The Morgan fingerprint density at radius 3 is 2.67 bits per heavy atom. The number of hydrogen-bond donors (Lipinski definition) is 0. The van der Waals surface area contributed by atoms with E-state index in [1.165, 1.54) is 11.1 Å². The maximum Gasteiger partial charge on any atom is 0.123 e. The number of aromatic nitrogens is 1. The van der Waals surface area contributed by atoms with Crippen LogP contribution in [-0.4, -0.2) is 53.2 Å². The van der Waals surface area contributed by atoms with Crippen LogP contribution in [0.4, 0.5) is 0 Å². The highest BCUT2D eigenvalue weighted by atomic mass is 16.5. The summed E-state index contributed by atoms with van der Waals surface area (Å²) in [5.74, 6) is 1.02. The third kappa shape index (κ3) is 4.86. The van der Waals surface area contributed by atoms with Gasteiger partial charge in [0.25, 0.3) is 0 Å². The zero-order valence-electron chi connectivity index (χ0n) is 16.3. The molecule has 0 saturated carbocycles. The molecule has 0 spiro atoms. The Bertz CT molecular complexity index is 742. The van der Waals surface area contributed by atoms with E-state index >= 15 is 0 Å². The van der Waals surface area contributed by atoms with E-state index in [0.717, 1.165) is 57.3 Å². The van der Waals surface area contributed by atoms with Gasteiger partial charge in [-0.3, -0.25) is 14.8 Å². The summed E-state index contributed by atoms with van der Waals surface area (Å²) in [6.07, 6.45) is 2.46. The van der Waals surface area contributed by atoms with E-state index in [0.29, 0.717) is 12.2 Å². The van der Waals surface area contributed by atoms with Gasteiger partial charge >= 0.3 is 0 Å². The first-order valence-corrected chi connectivity index (χ1v) is 9.90. The van der Waals surface area contributed by atoms with Crippen molar-refractivity contribution in [2.45, 2.75) is 45.7 Å². The molecule has 1 aromatic heterocycles. The predicted molar refractivity (Wildman–Crippen MR) is 106 cm³/mol. The first-order chi connectivity index (χ1) is 13.2. The second kappa shape index (κ2) is 8.38. The van der Waals surface area contributed by atoms with Gasteiger partial charge in [-0.1, -0.05) is 12.1 Å². The van der Waals surface area contributed by atoms with E-state index in [-0.39, 0.29) is 0 Å². The van der Waals surface area contributed by atoms with E-state index in [9.17, 15) is 0 Å². The lowest BCUT2D eigenvalue weighted by molar-refractivity contribution is -0.0704. The highest BCUT2D eigenvalue weighted by Gasteiger charge is 2.23. The summed E-state index contributed by atoms with van der Waals surface area (Å²) in [5.41, 5.74) is 3.72. The second-order valence-corrected chi connectivity index (χ2v) is 7.77. The number of hydrogen-bond acceptors (Lipinski definition) is 5. The highest BCUT2D eigenvalue weighted by molar-refractivity contribution is 5.38. The van der Waals surface area contributed by atoms with Crippen LogP contribution in [-0.2, 0) is 24.4 Å². The Morgan fingerprint density at radius 1 is 1.04 bits per heavy atom. The SMILES string of the molecule is C[C@@H]1CN(Cc2ccc3c(c2)CN(Cc2ccccn2)CCO3)C[C@H](C)O1. The van der Waals surface area contributed by atoms with Crippen molar-refractivity contribution in [3.63, 3.8) is 0 Å². The normalized spacial score (nSPS) is 24.1. The molecule has 144 valence electrons. The third-order valence-corrected chi connectivity index (χ3v) is 5.20. The Hall–Kier alpha value is -1.95. The average Bonchev–Trinajstić information content (AvgIpc) is 2.83. The van der Waals surface area contributed by atoms with Crippen molar-refractivity contribution in [3.05, 3.63) is 59.4 Å². The number of fused-ring (bicyclic) bond motifs is 1. The number of pyridine rings is 1. The summed E-state index contributed by atoms with van der Waals surface area (Å²) in [6, 6.07) is 12.8. The number of nitrogens with zero attached hydrogens (tertiary/aromatic N) is 3. The van der Waals surface area contributed by atoms with E-state index in [2.05, 4.69) is 52.9 Å². The Kier molecular flexibility index (Phi) is 5.72. The summed E-state index contributed by atoms with van der Waals surface area (Å²) in [4.78, 5) is 9.37. The van der Waals surface area contributed by atoms with Crippen LogP contribution in [0.3, 0.4) is 0 Å². The lowest BCUT2D eigenvalue weighted by atomic mass is 10.1. The van der Waals surface area contributed by atoms with Crippen LogP contribution in [0, 0.1) is 0 Å². The molecule has 5 nitrogen and oxygen atoms in total. The van der Waals surface area contributed by atoms with Gasteiger partial charge in [0.05, 0.1) is 17.9 Å². The van der Waals surface area contributed by atoms with Crippen LogP contribution >= 0.6 is 0 Å².